The largest absolute Gasteiger partial charge is 0.497 e. The molecule has 0 spiro atoms. The minimum Gasteiger partial charge on any atom is -0.497 e. The number of aromatic nitrogens is 2. The van der Waals surface area contributed by atoms with E-state index in [4.69, 9.17) is 15.2 Å². The molecular weight excluding hydrogens is 324 g/mol. The summed E-state index contributed by atoms with van der Waals surface area (Å²) in [7, 11) is 1.61. The molecule has 1 aromatic heterocycles. The number of hydrogen-bond donors (Lipinski definition) is 1. The number of hydrogen-bond acceptors (Lipinski definition) is 7. The summed E-state index contributed by atoms with van der Waals surface area (Å²) in [6.07, 6.45) is 0. The first-order valence-corrected chi connectivity index (χ1v) is 8.48. The van der Waals surface area contributed by atoms with Crippen LogP contribution in [0.5, 0.6) is 11.5 Å². The second-order valence-electron chi connectivity index (χ2n) is 5.49. The lowest BCUT2D eigenvalue weighted by Gasteiger charge is -2.11. The molecule has 2 aromatic rings. The molecule has 1 aromatic carbocycles. The molecule has 0 saturated carbocycles. The fourth-order valence-corrected chi connectivity index (χ4v) is 2.68. The molecule has 0 aliphatic heterocycles. The topological polar surface area (TPSA) is 94.1 Å². The van der Waals surface area contributed by atoms with Crippen LogP contribution in [0, 0.1) is 17.2 Å². The maximum absolute atomic E-state index is 9.28. The molecule has 2 N–H and O–H groups in total. The van der Waals surface area contributed by atoms with Crippen molar-refractivity contribution >= 4 is 17.6 Å². The van der Waals surface area contributed by atoms with Crippen molar-refractivity contribution in [1.82, 2.24) is 9.97 Å². The predicted molar refractivity (Wildman–Crippen MR) is 94.0 cm³/mol. The van der Waals surface area contributed by atoms with Crippen LogP contribution in [0.4, 0.5) is 5.82 Å². The molecule has 24 heavy (non-hydrogen) atoms. The minimum atomic E-state index is 0.150. The molecule has 0 fully saturated rings. The van der Waals surface area contributed by atoms with Crippen LogP contribution in [0.3, 0.4) is 0 Å². The van der Waals surface area contributed by atoms with E-state index in [0.29, 0.717) is 22.5 Å². The van der Waals surface area contributed by atoms with E-state index in [-0.39, 0.29) is 18.0 Å². The Morgan fingerprint density at radius 3 is 2.46 bits per heavy atom. The van der Waals surface area contributed by atoms with Crippen molar-refractivity contribution in [2.75, 3.05) is 18.6 Å². The molecule has 0 atom stereocenters. The van der Waals surface area contributed by atoms with Crippen molar-refractivity contribution in [1.29, 1.82) is 5.26 Å². The van der Waals surface area contributed by atoms with E-state index in [1.807, 2.05) is 0 Å². The first kappa shape index (κ1) is 17.9. The summed E-state index contributed by atoms with van der Waals surface area (Å²) < 4.78 is 10.8. The van der Waals surface area contributed by atoms with Gasteiger partial charge in [-0.3, -0.25) is 0 Å². The van der Waals surface area contributed by atoms with Gasteiger partial charge >= 0.3 is 0 Å². The number of nitrogens with zero attached hydrogens (tertiary/aromatic N) is 3. The van der Waals surface area contributed by atoms with E-state index in [1.165, 1.54) is 11.8 Å². The Morgan fingerprint density at radius 2 is 1.88 bits per heavy atom. The third kappa shape index (κ3) is 4.77. The molecule has 0 amide bonds. The summed E-state index contributed by atoms with van der Waals surface area (Å²) in [5.74, 6) is 2.98. The fourth-order valence-electron chi connectivity index (χ4n) is 1.86. The third-order valence-corrected chi connectivity index (χ3v) is 4.36. The minimum absolute atomic E-state index is 0.150. The zero-order chi connectivity index (χ0) is 17.5. The van der Waals surface area contributed by atoms with Gasteiger partial charge in [0.15, 0.2) is 5.16 Å². The molecule has 0 aliphatic carbocycles. The highest BCUT2D eigenvalue weighted by atomic mass is 32.2. The Hall–Kier alpha value is -2.46. The standard InChI is InChI=1S/C17H20N4O2S/c1-11(2)10-24-17-20-15(14(8-18)16(19)21-17)9-23-13-6-4-12(22-3)5-7-13/h4-7,11H,9-10H2,1-3H3,(H2,19,20,21). The van der Waals surface area contributed by atoms with Crippen molar-refractivity contribution in [2.24, 2.45) is 5.92 Å². The molecular formula is C17H20N4O2S. The van der Waals surface area contributed by atoms with Gasteiger partial charge in [0, 0.05) is 5.75 Å². The van der Waals surface area contributed by atoms with Gasteiger partial charge in [0.1, 0.15) is 41.3 Å². The molecule has 0 bridgehead atoms. The van der Waals surface area contributed by atoms with Crippen LogP contribution in [-0.4, -0.2) is 22.8 Å². The Morgan fingerprint density at radius 1 is 1.21 bits per heavy atom. The van der Waals surface area contributed by atoms with Crippen LogP contribution in [0.2, 0.25) is 0 Å². The highest BCUT2D eigenvalue weighted by Crippen LogP contribution is 2.23. The van der Waals surface area contributed by atoms with Crippen molar-refractivity contribution < 1.29 is 9.47 Å². The van der Waals surface area contributed by atoms with Gasteiger partial charge in [-0.1, -0.05) is 25.6 Å². The van der Waals surface area contributed by atoms with Crippen molar-refractivity contribution in [3.05, 3.63) is 35.5 Å². The summed E-state index contributed by atoms with van der Waals surface area (Å²) in [5.41, 5.74) is 6.64. The molecule has 7 heteroatoms. The zero-order valence-corrected chi connectivity index (χ0v) is 14.8. The van der Waals surface area contributed by atoms with Gasteiger partial charge in [-0.15, -0.1) is 0 Å². The van der Waals surface area contributed by atoms with E-state index in [1.54, 1.807) is 31.4 Å². The average molecular weight is 344 g/mol. The lowest BCUT2D eigenvalue weighted by atomic mass is 10.2. The maximum Gasteiger partial charge on any atom is 0.189 e. The van der Waals surface area contributed by atoms with Gasteiger partial charge < -0.3 is 15.2 Å². The number of thioether (sulfide) groups is 1. The molecule has 0 saturated heterocycles. The number of rotatable bonds is 7. The van der Waals surface area contributed by atoms with Crippen LogP contribution in [0.15, 0.2) is 29.4 Å². The molecule has 0 aliphatic rings. The van der Waals surface area contributed by atoms with E-state index in [9.17, 15) is 5.26 Å². The molecule has 2 rings (SSSR count). The van der Waals surface area contributed by atoms with Gasteiger partial charge in [-0.25, -0.2) is 9.97 Å². The number of anilines is 1. The summed E-state index contributed by atoms with van der Waals surface area (Å²) in [6.45, 7) is 4.39. The zero-order valence-electron chi connectivity index (χ0n) is 13.9. The SMILES string of the molecule is COc1ccc(OCc2nc(SCC(C)C)nc(N)c2C#N)cc1. The van der Waals surface area contributed by atoms with E-state index < -0.39 is 0 Å². The lowest BCUT2D eigenvalue weighted by molar-refractivity contribution is 0.299. The van der Waals surface area contributed by atoms with E-state index in [0.717, 1.165) is 11.5 Å². The van der Waals surface area contributed by atoms with Crippen LogP contribution in [0.25, 0.3) is 0 Å². The Kier molecular flexibility index (Phi) is 6.27. The van der Waals surface area contributed by atoms with Gasteiger partial charge in [0.05, 0.1) is 7.11 Å². The van der Waals surface area contributed by atoms with Crippen LogP contribution < -0.4 is 15.2 Å². The van der Waals surface area contributed by atoms with Gasteiger partial charge in [0.25, 0.3) is 0 Å². The fraction of sp³-hybridized carbons (Fsp3) is 0.353. The highest BCUT2D eigenvalue weighted by molar-refractivity contribution is 7.99. The summed E-state index contributed by atoms with van der Waals surface area (Å²) in [6, 6.07) is 9.25. The van der Waals surface area contributed by atoms with E-state index in [2.05, 4.69) is 29.9 Å². The first-order chi connectivity index (χ1) is 11.5. The molecule has 1 heterocycles. The van der Waals surface area contributed by atoms with Crippen LogP contribution in [0.1, 0.15) is 25.1 Å². The average Bonchev–Trinajstić information content (AvgIpc) is 2.58. The number of ether oxygens (including phenoxy) is 2. The number of nitrogens with two attached hydrogens (primary N) is 1. The summed E-state index contributed by atoms with van der Waals surface area (Å²) >= 11 is 1.52. The quantitative estimate of drug-likeness (QED) is 0.608. The Balaban J connectivity index is 2.15. The summed E-state index contributed by atoms with van der Waals surface area (Å²) in [5, 5.41) is 9.85. The number of nitriles is 1. The molecule has 0 radical (unpaired) electrons. The monoisotopic (exact) mass is 344 g/mol. The number of benzene rings is 1. The number of methoxy groups -OCH3 is 1. The second-order valence-corrected chi connectivity index (χ2v) is 6.48. The van der Waals surface area contributed by atoms with Crippen LogP contribution >= 0.6 is 11.8 Å². The Labute approximate surface area is 146 Å². The predicted octanol–water partition coefficient (Wildman–Crippen LogP) is 3.27. The molecule has 126 valence electrons. The normalized spacial score (nSPS) is 10.5. The van der Waals surface area contributed by atoms with Crippen LogP contribution in [-0.2, 0) is 6.61 Å². The molecule has 6 nitrogen and oxygen atoms in total. The highest BCUT2D eigenvalue weighted by Gasteiger charge is 2.14. The maximum atomic E-state index is 9.28. The van der Waals surface area contributed by atoms with E-state index >= 15 is 0 Å². The van der Waals surface area contributed by atoms with Gasteiger partial charge in [-0.2, -0.15) is 5.26 Å². The van der Waals surface area contributed by atoms with Gasteiger partial charge in [0.2, 0.25) is 0 Å². The lowest BCUT2D eigenvalue weighted by Crippen LogP contribution is -2.08. The van der Waals surface area contributed by atoms with Crippen molar-refractivity contribution in [3.63, 3.8) is 0 Å². The van der Waals surface area contributed by atoms with Crippen molar-refractivity contribution in [3.8, 4) is 17.6 Å². The third-order valence-electron chi connectivity index (χ3n) is 3.08. The smallest absolute Gasteiger partial charge is 0.189 e. The molecule has 0 unspecified atom stereocenters. The van der Waals surface area contributed by atoms with Crippen molar-refractivity contribution in [2.45, 2.75) is 25.6 Å². The number of nitrogen functional groups attached to an aromatic ring is 1. The summed E-state index contributed by atoms with van der Waals surface area (Å²) in [4.78, 5) is 8.61. The second kappa shape index (κ2) is 8.41. The van der Waals surface area contributed by atoms with Gasteiger partial charge in [-0.05, 0) is 30.2 Å². The Bertz CT molecular complexity index is 727. The first-order valence-electron chi connectivity index (χ1n) is 7.49.